The van der Waals surface area contributed by atoms with Crippen LogP contribution in [0, 0.1) is 0 Å². The minimum Gasteiger partial charge on any atom is -0.480 e. The lowest BCUT2D eigenvalue weighted by atomic mass is 10.3. The van der Waals surface area contributed by atoms with Crippen molar-refractivity contribution >= 4 is 23.8 Å². The second-order valence-corrected chi connectivity index (χ2v) is 4.20. The van der Waals surface area contributed by atoms with Crippen LogP contribution in [0.1, 0.15) is 0 Å². The number of carbonyl (C=O) groups is 2. The van der Waals surface area contributed by atoms with E-state index >= 15 is 0 Å². The van der Waals surface area contributed by atoms with Gasteiger partial charge in [-0.05, 0) is 6.26 Å². The average Bonchev–Trinajstić information content (AvgIpc) is 2.24. The predicted octanol–water partition coefficient (Wildman–Crippen LogP) is 0.0904. The standard InChI is InChI=1S/C9H18N2O4S/c1-11(4-5-16-3)9(14)10-7(6-15-2)8(12)13/h7H,4-6H2,1-3H3,(H,10,14)(H,12,13). The Balaban J connectivity index is 4.12. The van der Waals surface area contributed by atoms with E-state index in [0.29, 0.717) is 6.54 Å². The molecule has 1 unspecified atom stereocenters. The van der Waals surface area contributed by atoms with Gasteiger partial charge in [0, 0.05) is 26.5 Å². The van der Waals surface area contributed by atoms with Gasteiger partial charge < -0.3 is 20.1 Å². The SMILES string of the molecule is COCC(NC(=O)N(C)CCSC)C(=O)O. The van der Waals surface area contributed by atoms with Crippen molar-refractivity contribution in [3.63, 3.8) is 0 Å². The summed E-state index contributed by atoms with van der Waals surface area (Å²) < 4.78 is 4.71. The first kappa shape index (κ1) is 15.0. The number of carboxylic acids is 1. The summed E-state index contributed by atoms with van der Waals surface area (Å²) in [5.74, 6) is -0.292. The van der Waals surface area contributed by atoms with Gasteiger partial charge in [-0.15, -0.1) is 0 Å². The highest BCUT2D eigenvalue weighted by atomic mass is 32.2. The van der Waals surface area contributed by atoms with Crippen LogP contribution >= 0.6 is 11.8 Å². The summed E-state index contributed by atoms with van der Waals surface area (Å²) >= 11 is 1.62. The zero-order valence-electron chi connectivity index (χ0n) is 9.73. The third-order valence-corrected chi connectivity index (χ3v) is 2.50. The molecule has 0 saturated heterocycles. The molecule has 6 nitrogen and oxygen atoms in total. The number of urea groups is 1. The molecule has 0 aromatic carbocycles. The smallest absolute Gasteiger partial charge is 0.328 e. The Bertz CT molecular complexity index is 238. The monoisotopic (exact) mass is 250 g/mol. The highest BCUT2D eigenvalue weighted by Gasteiger charge is 2.21. The second-order valence-electron chi connectivity index (χ2n) is 3.21. The van der Waals surface area contributed by atoms with Gasteiger partial charge in [0.05, 0.1) is 6.61 Å². The molecule has 0 saturated carbocycles. The van der Waals surface area contributed by atoms with Crippen molar-refractivity contribution in [1.29, 1.82) is 0 Å². The number of rotatable bonds is 7. The minimum absolute atomic E-state index is 0.0442. The van der Waals surface area contributed by atoms with E-state index in [-0.39, 0.29) is 6.61 Å². The van der Waals surface area contributed by atoms with Gasteiger partial charge in [0.1, 0.15) is 0 Å². The fourth-order valence-corrected chi connectivity index (χ4v) is 1.39. The number of nitrogens with zero attached hydrogens (tertiary/aromatic N) is 1. The van der Waals surface area contributed by atoms with Gasteiger partial charge in [-0.3, -0.25) is 0 Å². The number of hydrogen-bond acceptors (Lipinski definition) is 4. The first-order valence-corrected chi connectivity index (χ1v) is 6.14. The van der Waals surface area contributed by atoms with Gasteiger partial charge in [-0.25, -0.2) is 9.59 Å². The summed E-state index contributed by atoms with van der Waals surface area (Å²) in [6.45, 7) is 0.532. The Kier molecular flexibility index (Phi) is 7.74. The number of ether oxygens (including phenoxy) is 1. The van der Waals surface area contributed by atoms with Crippen LogP contribution < -0.4 is 5.32 Å². The Morgan fingerprint density at radius 1 is 1.56 bits per heavy atom. The molecular weight excluding hydrogens is 232 g/mol. The Labute approximate surface area is 99.3 Å². The lowest BCUT2D eigenvalue weighted by Gasteiger charge is -2.20. The maximum atomic E-state index is 11.5. The molecule has 0 aliphatic rings. The number of carboxylic acid groups (broad SMARTS) is 1. The lowest BCUT2D eigenvalue weighted by Crippen LogP contribution is -2.49. The molecule has 1 atom stereocenters. The van der Waals surface area contributed by atoms with Gasteiger partial charge in [-0.2, -0.15) is 11.8 Å². The number of hydrogen-bond donors (Lipinski definition) is 2. The normalized spacial score (nSPS) is 11.9. The highest BCUT2D eigenvalue weighted by Crippen LogP contribution is 1.95. The molecule has 0 aromatic rings. The van der Waals surface area contributed by atoms with E-state index < -0.39 is 18.0 Å². The van der Waals surface area contributed by atoms with E-state index in [1.54, 1.807) is 18.8 Å². The Hall–Kier alpha value is -0.950. The van der Waals surface area contributed by atoms with Crippen molar-refractivity contribution in [3.05, 3.63) is 0 Å². The molecule has 2 N–H and O–H groups in total. The van der Waals surface area contributed by atoms with Crippen LogP contribution in [0.4, 0.5) is 4.79 Å². The largest absolute Gasteiger partial charge is 0.480 e. The van der Waals surface area contributed by atoms with Crippen molar-refractivity contribution < 1.29 is 19.4 Å². The number of aliphatic carboxylic acids is 1. The van der Waals surface area contributed by atoms with Gasteiger partial charge in [0.15, 0.2) is 6.04 Å². The van der Waals surface area contributed by atoms with Crippen molar-refractivity contribution in [2.75, 3.05) is 39.3 Å². The first-order valence-electron chi connectivity index (χ1n) is 4.75. The highest BCUT2D eigenvalue weighted by molar-refractivity contribution is 7.98. The van der Waals surface area contributed by atoms with Crippen LogP contribution in [-0.2, 0) is 9.53 Å². The summed E-state index contributed by atoms with van der Waals surface area (Å²) in [5, 5.41) is 11.2. The summed E-state index contributed by atoms with van der Waals surface area (Å²) in [7, 11) is 3.01. The molecule has 0 heterocycles. The second kappa shape index (κ2) is 8.23. The molecule has 0 aliphatic carbocycles. The number of carbonyl (C=O) groups excluding carboxylic acids is 1. The fourth-order valence-electron chi connectivity index (χ4n) is 0.930. The number of methoxy groups -OCH3 is 1. The van der Waals surface area contributed by atoms with Crippen molar-refractivity contribution in [2.45, 2.75) is 6.04 Å². The maximum absolute atomic E-state index is 11.5. The van der Waals surface area contributed by atoms with Crippen LogP contribution in [0.3, 0.4) is 0 Å². The third kappa shape index (κ3) is 5.82. The zero-order valence-corrected chi connectivity index (χ0v) is 10.5. The summed E-state index contributed by atoms with van der Waals surface area (Å²) in [6, 6.07) is -1.41. The van der Waals surface area contributed by atoms with E-state index in [2.05, 4.69) is 5.32 Å². The molecule has 0 bridgehead atoms. The Morgan fingerprint density at radius 3 is 2.62 bits per heavy atom. The lowest BCUT2D eigenvalue weighted by molar-refractivity contribution is -0.140. The first-order chi connectivity index (χ1) is 7.52. The number of amides is 2. The van der Waals surface area contributed by atoms with Crippen LogP contribution in [0.25, 0.3) is 0 Å². The van der Waals surface area contributed by atoms with Gasteiger partial charge in [-0.1, -0.05) is 0 Å². The number of nitrogens with one attached hydrogen (secondary N) is 1. The maximum Gasteiger partial charge on any atom is 0.328 e. The molecule has 0 aromatic heterocycles. The van der Waals surface area contributed by atoms with Gasteiger partial charge >= 0.3 is 12.0 Å². The van der Waals surface area contributed by atoms with Crippen molar-refractivity contribution in [1.82, 2.24) is 10.2 Å². The van der Waals surface area contributed by atoms with E-state index in [9.17, 15) is 9.59 Å². The average molecular weight is 250 g/mol. The molecule has 0 fully saturated rings. The summed E-state index contributed by atoms with van der Waals surface area (Å²) in [4.78, 5) is 23.7. The molecule has 0 rings (SSSR count). The van der Waals surface area contributed by atoms with E-state index in [0.717, 1.165) is 5.75 Å². The third-order valence-electron chi connectivity index (χ3n) is 1.91. The zero-order chi connectivity index (χ0) is 12.6. The van der Waals surface area contributed by atoms with Crippen LogP contribution in [-0.4, -0.2) is 67.4 Å². The van der Waals surface area contributed by atoms with Gasteiger partial charge in [0.2, 0.25) is 0 Å². The molecule has 0 radical (unpaired) electrons. The van der Waals surface area contributed by atoms with Crippen molar-refractivity contribution in [2.24, 2.45) is 0 Å². The topological polar surface area (TPSA) is 78.9 Å². The molecule has 2 amide bonds. The molecule has 16 heavy (non-hydrogen) atoms. The summed E-state index contributed by atoms with van der Waals surface area (Å²) in [5.41, 5.74) is 0. The van der Waals surface area contributed by atoms with Crippen LogP contribution in [0.2, 0.25) is 0 Å². The minimum atomic E-state index is -1.10. The fraction of sp³-hybridized carbons (Fsp3) is 0.778. The quantitative estimate of drug-likeness (QED) is 0.669. The molecular formula is C9H18N2O4S. The van der Waals surface area contributed by atoms with Crippen LogP contribution in [0.15, 0.2) is 0 Å². The van der Waals surface area contributed by atoms with Gasteiger partial charge in [0.25, 0.3) is 0 Å². The summed E-state index contributed by atoms with van der Waals surface area (Å²) in [6.07, 6.45) is 1.94. The number of thioether (sulfide) groups is 1. The molecule has 7 heteroatoms. The molecule has 0 spiro atoms. The van der Waals surface area contributed by atoms with Crippen LogP contribution in [0.5, 0.6) is 0 Å². The van der Waals surface area contributed by atoms with Crippen molar-refractivity contribution in [3.8, 4) is 0 Å². The molecule has 94 valence electrons. The van der Waals surface area contributed by atoms with E-state index in [1.807, 2.05) is 6.26 Å². The molecule has 0 aliphatic heterocycles. The van der Waals surface area contributed by atoms with E-state index in [1.165, 1.54) is 12.0 Å². The van der Waals surface area contributed by atoms with E-state index in [4.69, 9.17) is 9.84 Å². The predicted molar refractivity (Wildman–Crippen MR) is 62.8 cm³/mol. The Morgan fingerprint density at radius 2 is 2.19 bits per heavy atom.